The van der Waals surface area contributed by atoms with Gasteiger partial charge >= 0.3 is 0 Å². The standard InChI is InChI=1S/C17H24NO2S/c1-13-7-8-15(13)16(19)11-17(20)18-9-10-21-12-14-5-3-2-4-6-14/h2-6,13,15-16,19H,1,7-12H2,(H,18,20)/t13-,15-,16-/m1/s1. The van der Waals surface area contributed by atoms with Crippen LogP contribution in [-0.4, -0.2) is 29.4 Å². The van der Waals surface area contributed by atoms with Crippen LogP contribution in [0.4, 0.5) is 0 Å². The number of nitrogens with one attached hydrogen (secondary N) is 1. The molecule has 1 aromatic rings. The molecule has 0 aliphatic heterocycles. The minimum absolute atomic E-state index is 0.0538. The Kier molecular flexibility index (Phi) is 6.58. The van der Waals surface area contributed by atoms with Gasteiger partial charge in [0.2, 0.25) is 5.91 Å². The van der Waals surface area contributed by atoms with Crippen molar-refractivity contribution in [2.24, 2.45) is 11.8 Å². The zero-order valence-corrected chi connectivity index (χ0v) is 13.1. The van der Waals surface area contributed by atoms with E-state index in [-0.39, 0.29) is 18.2 Å². The van der Waals surface area contributed by atoms with Crippen molar-refractivity contribution in [2.75, 3.05) is 12.3 Å². The first-order valence-corrected chi connectivity index (χ1v) is 8.72. The molecular formula is C17H24NO2S. The number of hydrogen-bond acceptors (Lipinski definition) is 3. The van der Waals surface area contributed by atoms with Gasteiger partial charge in [0.25, 0.3) is 0 Å². The van der Waals surface area contributed by atoms with E-state index in [1.165, 1.54) is 5.56 Å². The van der Waals surface area contributed by atoms with Crippen LogP contribution in [0.5, 0.6) is 0 Å². The molecule has 1 radical (unpaired) electrons. The highest BCUT2D eigenvalue weighted by Crippen LogP contribution is 2.36. The van der Waals surface area contributed by atoms with Gasteiger partial charge in [-0.3, -0.25) is 4.79 Å². The van der Waals surface area contributed by atoms with Gasteiger partial charge in [0, 0.05) is 18.1 Å². The van der Waals surface area contributed by atoms with Crippen molar-refractivity contribution >= 4 is 17.7 Å². The summed E-state index contributed by atoms with van der Waals surface area (Å²) in [4.78, 5) is 11.7. The molecule has 1 saturated carbocycles. The first kappa shape index (κ1) is 16.4. The molecule has 2 N–H and O–H groups in total. The second-order valence-corrected chi connectivity index (χ2v) is 6.77. The summed E-state index contributed by atoms with van der Waals surface area (Å²) in [5, 5.41) is 12.8. The minimum Gasteiger partial charge on any atom is -0.392 e. The first-order chi connectivity index (χ1) is 10.2. The second-order valence-electron chi connectivity index (χ2n) is 5.66. The van der Waals surface area contributed by atoms with Crippen LogP contribution >= 0.6 is 11.8 Å². The molecule has 0 spiro atoms. The number of carbonyl (C=O) groups excluding carboxylic acids is 1. The van der Waals surface area contributed by atoms with Crippen molar-refractivity contribution in [3.05, 3.63) is 42.8 Å². The Morgan fingerprint density at radius 2 is 2.14 bits per heavy atom. The van der Waals surface area contributed by atoms with E-state index in [0.29, 0.717) is 12.5 Å². The van der Waals surface area contributed by atoms with E-state index >= 15 is 0 Å². The van der Waals surface area contributed by atoms with E-state index in [1.807, 2.05) is 18.2 Å². The molecule has 0 aromatic heterocycles. The maximum Gasteiger partial charge on any atom is 0.222 e. The van der Waals surface area contributed by atoms with Crippen LogP contribution in [0, 0.1) is 18.8 Å². The quantitative estimate of drug-likeness (QED) is 0.726. The first-order valence-electron chi connectivity index (χ1n) is 7.56. The number of rotatable bonds is 8. The lowest BCUT2D eigenvalue weighted by Crippen LogP contribution is -2.38. The summed E-state index contributed by atoms with van der Waals surface area (Å²) >= 11 is 1.80. The van der Waals surface area contributed by atoms with Crippen molar-refractivity contribution in [2.45, 2.75) is 31.1 Å². The molecular weight excluding hydrogens is 282 g/mol. The molecule has 3 atom stereocenters. The van der Waals surface area contributed by atoms with Gasteiger partial charge in [-0.2, -0.15) is 11.8 Å². The molecule has 3 nitrogen and oxygen atoms in total. The fourth-order valence-corrected chi connectivity index (χ4v) is 3.36. The van der Waals surface area contributed by atoms with E-state index in [0.717, 1.165) is 24.3 Å². The average Bonchev–Trinajstić information content (AvgIpc) is 2.46. The molecule has 0 unspecified atom stereocenters. The number of thioether (sulfide) groups is 1. The SMILES string of the molecule is [CH2][C@@H]1CC[C@H]1[C@H](O)CC(=O)NCCSCc1ccccc1. The molecule has 4 heteroatoms. The maximum absolute atomic E-state index is 11.7. The van der Waals surface area contributed by atoms with Crippen molar-refractivity contribution in [3.8, 4) is 0 Å². The Balaban J connectivity index is 1.53. The molecule has 1 aliphatic rings. The Hall–Kier alpha value is -1.00. The number of aliphatic hydroxyl groups excluding tert-OH is 1. The third-order valence-corrected chi connectivity index (χ3v) is 5.08. The maximum atomic E-state index is 11.7. The lowest BCUT2D eigenvalue weighted by atomic mass is 9.71. The van der Waals surface area contributed by atoms with Gasteiger partial charge in [-0.15, -0.1) is 0 Å². The van der Waals surface area contributed by atoms with Crippen LogP contribution in [-0.2, 0) is 10.5 Å². The summed E-state index contributed by atoms with van der Waals surface area (Å²) in [7, 11) is 0. The highest BCUT2D eigenvalue weighted by molar-refractivity contribution is 7.98. The van der Waals surface area contributed by atoms with Crippen molar-refractivity contribution in [3.63, 3.8) is 0 Å². The molecule has 21 heavy (non-hydrogen) atoms. The Morgan fingerprint density at radius 1 is 1.38 bits per heavy atom. The zero-order valence-electron chi connectivity index (χ0n) is 12.3. The van der Waals surface area contributed by atoms with Crippen molar-refractivity contribution < 1.29 is 9.90 Å². The molecule has 0 heterocycles. The third kappa shape index (κ3) is 5.36. The highest BCUT2D eigenvalue weighted by atomic mass is 32.2. The fraction of sp³-hybridized carbons (Fsp3) is 0.529. The molecule has 1 fully saturated rings. The number of aliphatic hydroxyl groups is 1. The number of hydrogen-bond donors (Lipinski definition) is 2. The van der Waals surface area contributed by atoms with E-state index < -0.39 is 6.10 Å². The van der Waals surface area contributed by atoms with Crippen LogP contribution in [0.1, 0.15) is 24.8 Å². The average molecular weight is 306 g/mol. The summed E-state index contributed by atoms with van der Waals surface area (Å²) in [5.41, 5.74) is 1.30. The summed E-state index contributed by atoms with van der Waals surface area (Å²) in [6.07, 6.45) is 1.74. The van der Waals surface area contributed by atoms with Crippen LogP contribution in [0.25, 0.3) is 0 Å². The zero-order chi connectivity index (χ0) is 15.1. The van der Waals surface area contributed by atoms with Crippen molar-refractivity contribution in [1.29, 1.82) is 0 Å². The molecule has 0 bridgehead atoms. The monoisotopic (exact) mass is 306 g/mol. The van der Waals surface area contributed by atoms with Gasteiger partial charge in [-0.05, 0) is 37.2 Å². The summed E-state index contributed by atoms with van der Waals surface area (Å²) in [6.45, 7) is 4.63. The number of amides is 1. The second kappa shape index (κ2) is 8.44. The molecule has 2 rings (SSSR count). The van der Waals surface area contributed by atoms with Gasteiger partial charge in [-0.1, -0.05) is 30.3 Å². The lowest BCUT2D eigenvalue weighted by molar-refractivity contribution is -0.124. The molecule has 115 valence electrons. The van der Waals surface area contributed by atoms with E-state index in [4.69, 9.17) is 0 Å². The molecule has 1 amide bonds. The van der Waals surface area contributed by atoms with Crippen LogP contribution < -0.4 is 5.32 Å². The highest BCUT2D eigenvalue weighted by Gasteiger charge is 2.33. The van der Waals surface area contributed by atoms with Gasteiger partial charge in [0.1, 0.15) is 0 Å². The van der Waals surface area contributed by atoms with Gasteiger partial charge in [-0.25, -0.2) is 0 Å². The number of carbonyl (C=O) groups is 1. The smallest absolute Gasteiger partial charge is 0.222 e. The summed E-state index contributed by atoms with van der Waals surface area (Å²) < 4.78 is 0. The van der Waals surface area contributed by atoms with Crippen LogP contribution in [0.2, 0.25) is 0 Å². The van der Waals surface area contributed by atoms with Gasteiger partial charge < -0.3 is 10.4 Å². The van der Waals surface area contributed by atoms with E-state index in [9.17, 15) is 9.90 Å². The molecule has 1 aliphatic carbocycles. The Bertz CT molecular complexity index is 438. The van der Waals surface area contributed by atoms with Crippen molar-refractivity contribution in [1.82, 2.24) is 5.32 Å². The normalized spacial score (nSPS) is 22.4. The van der Waals surface area contributed by atoms with Crippen LogP contribution in [0.3, 0.4) is 0 Å². The summed E-state index contributed by atoms with van der Waals surface area (Å²) in [6, 6.07) is 10.3. The predicted octanol–water partition coefficient (Wildman–Crippen LogP) is 2.65. The third-order valence-electron chi connectivity index (χ3n) is 4.05. The topological polar surface area (TPSA) is 49.3 Å². The Labute approximate surface area is 131 Å². The predicted molar refractivity (Wildman–Crippen MR) is 87.8 cm³/mol. The fourth-order valence-electron chi connectivity index (χ4n) is 2.54. The van der Waals surface area contributed by atoms with Gasteiger partial charge in [0.05, 0.1) is 12.5 Å². The van der Waals surface area contributed by atoms with E-state index in [2.05, 4.69) is 24.4 Å². The summed E-state index contributed by atoms with van der Waals surface area (Å²) in [5.74, 6) is 2.32. The lowest BCUT2D eigenvalue weighted by Gasteiger charge is -2.37. The van der Waals surface area contributed by atoms with E-state index in [1.54, 1.807) is 11.8 Å². The van der Waals surface area contributed by atoms with Gasteiger partial charge in [0.15, 0.2) is 0 Å². The Morgan fingerprint density at radius 3 is 2.76 bits per heavy atom. The number of benzene rings is 1. The minimum atomic E-state index is -0.529. The van der Waals surface area contributed by atoms with Crippen LogP contribution in [0.15, 0.2) is 30.3 Å². The molecule has 0 saturated heterocycles. The largest absolute Gasteiger partial charge is 0.392 e. The molecule has 1 aromatic carbocycles.